The number of hydrogen-bond acceptors (Lipinski definition) is 2. The third-order valence-corrected chi connectivity index (χ3v) is 4.58. The van der Waals surface area contributed by atoms with E-state index in [0.717, 1.165) is 38.6 Å². The lowest BCUT2D eigenvalue weighted by Gasteiger charge is -2.33. The van der Waals surface area contributed by atoms with E-state index in [1.807, 2.05) is 4.90 Å². The summed E-state index contributed by atoms with van der Waals surface area (Å²) in [6.07, 6.45) is 9.92. The van der Waals surface area contributed by atoms with E-state index in [9.17, 15) is 9.59 Å². The molecule has 1 fully saturated rings. The van der Waals surface area contributed by atoms with Crippen LogP contribution in [0.5, 0.6) is 0 Å². The molecule has 0 unspecified atom stereocenters. The molecule has 0 aromatic carbocycles. The van der Waals surface area contributed by atoms with Gasteiger partial charge in [0, 0.05) is 32.1 Å². The van der Waals surface area contributed by atoms with Gasteiger partial charge in [0.05, 0.1) is 0 Å². The molecule has 0 saturated carbocycles. The van der Waals surface area contributed by atoms with Crippen LogP contribution in [-0.2, 0) is 4.79 Å². The molecule has 0 bridgehead atoms. The smallest absolute Gasteiger partial charge is 0.317 e. The third-order valence-electron chi connectivity index (χ3n) is 4.58. The first-order valence-corrected chi connectivity index (χ1v) is 9.01. The quantitative estimate of drug-likeness (QED) is 0.765. The Labute approximate surface area is 139 Å². The Morgan fingerprint density at radius 3 is 2.78 bits per heavy atom. The Balaban J connectivity index is 1.73. The van der Waals surface area contributed by atoms with Crippen molar-refractivity contribution in [1.82, 2.24) is 15.5 Å². The second kappa shape index (κ2) is 8.94. The molecule has 0 spiro atoms. The van der Waals surface area contributed by atoms with Gasteiger partial charge >= 0.3 is 6.03 Å². The van der Waals surface area contributed by atoms with Gasteiger partial charge in [-0.2, -0.15) is 0 Å². The molecule has 5 heteroatoms. The molecule has 2 rings (SSSR count). The maximum atomic E-state index is 12.2. The fourth-order valence-electron chi connectivity index (χ4n) is 3.29. The number of allylic oxidation sites excluding steroid dienone is 1. The molecule has 1 aliphatic heterocycles. The average Bonchev–Trinajstić information content (AvgIpc) is 2.53. The summed E-state index contributed by atoms with van der Waals surface area (Å²) < 4.78 is 0. The molecule has 5 nitrogen and oxygen atoms in total. The summed E-state index contributed by atoms with van der Waals surface area (Å²) in [7, 11) is 0. The zero-order valence-electron chi connectivity index (χ0n) is 14.5. The van der Waals surface area contributed by atoms with Gasteiger partial charge in [-0.05, 0) is 43.9 Å². The Morgan fingerprint density at radius 1 is 1.26 bits per heavy atom. The van der Waals surface area contributed by atoms with E-state index in [-0.39, 0.29) is 17.9 Å². The molecule has 130 valence electrons. The molecule has 1 heterocycles. The van der Waals surface area contributed by atoms with Crippen LogP contribution in [0.15, 0.2) is 12.2 Å². The largest absolute Gasteiger partial charge is 0.353 e. The number of carbonyl (C=O) groups is 2. The van der Waals surface area contributed by atoms with Gasteiger partial charge in [-0.3, -0.25) is 4.79 Å². The SMILES string of the molecule is CC(C)CNC(=O)N1CCC[C@@H](CC(=O)N[C@H]2CC=CCC2)C1. The summed E-state index contributed by atoms with van der Waals surface area (Å²) >= 11 is 0. The molecule has 0 radical (unpaired) electrons. The van der Waals surface area contributed by atoms with Gasteiger partial charge in [-0.1, -0.05) is 26.0 Å². The highest BCUT2D eigenvalue weighted by Crippen LogP contribution is 2.20. The van der Waals surface area contributed by atoms with E-state index >= 15 is 0 Å². The highest BCUT2D eigenvalue weighted by molar-refractivity contribution is 5.77. The molecule has 2 N–H and O–H groups in total. The van der Waals surface area contributed by atoms with Crippen molar-refractivity contribution in [2.75, 3.05) is 19.6 Å². The van der Waals surface area contributed by atoms with Crippen molar-refractivity contribution >= 4 is 11.9 Å². The van der Waals surface area contributed by atoms with Gasteiger partial charge in [-0.15, -0.1) is 0 Å². The number of hydrogen-bond donors (Lipinski definition) is 2. The van der Waals surface area contributed by atoms with Crippen molar-refractivity contribution in [2.45, 2.75) is 58.4 Å². The molecular formula is C18H31N3O2. The van der Waals surface area contributed by atoms with Crippen molar-refractivity contribution in [3.05, 3.63) is 12.2 Å². The first-order valence-electron chi connectivity index (χ1n) is 9.01. The lowest BCUT2D eigenvalue weighted by atomic mass is 9.94. The van der Waals surface area contributed by atoms with Crippen LogP contribution >= 0.6 is 0 Å². The Bertz CT molecular complexity index is 434. The molecule has 0 aromatic rings. The molecule has 3 amide bonds. The lowest BCUT2D eigenvalue weighted by molar-refractivity contribution is -0.123. The zero-order valence-corrected chi connectivity index (χ0v) is 14.5. The van der Waals surface area contributed by atoms with Crippen LogP contribution in [0.1, 0.15) is 52.4 Å². The molecule has 0 aromatic heterocycles. The van der Waals surface area contributed by atoms with E-state index in [1.165, 1.54) is 0 Å². The fourth-order valence-corrected chi connectivity index (χ4v) is 3.29. The van der Waals surface area contributed by atoms with Crippen LogP contribution in [0.2, 0.25) is 0 Å². The summed E-state index contributed by atoms with van der Waals surface area (Å²) in [4.78, 5) is 26.2. The zero-order chi connectivity index (χ0) is 16.7. The van der Waals surface area contributed by atoms with E-state index < -0.39 is 0 Å². The first-order chi connectivity index (χ1) is 11.0. The van der Waals surface area contributed by atoms with Gasteiger partial charge in [0.2, 0.25) is 5.91 Å². The Hall–Kier alpha value is -1.52. The van der Waals surface area contributed by atoms with Gasteiger partial charge in [0.25, 0.3) is 0 Å². The minimum Gasteiger partial charge on any atom is -0.353 e. The molecule has 2 aliphatic rings. The van der Waals surface area contributed by atoms with Crippen LogP contribution in [-0.4, -0.2) is 42.5 Å². The Kier molecular flexibility index (Phi) is 6.93. The standard InChI is InChI=1S/C18H31N3O2/c1-14(2)12-19-18(23)21-10-6-7-15(13-21)11-17(22)20-16-8-4-3-5-9-16/h3-4,14-16H,5-13H2,1-2H3,(H,19,23)(H,20,22)/t15-,16-/m0/s1. The third kappa shape index (κ3) is 6.24. The van der Waals surface area contributed by atoms with Gasteiger partial charge in [0.15, 0.2) is 0 Å². The van der Waals surface area contributed by atoms with Crippen molar-refractivity contribution in [1.29, 1.82) is 0 Å². The maximum Gasteiger partial charge on any atom is 0.317 e. The van der Waals surface area contributed by atoms with Crippen molar-refractivity contribution in [2.24, 2.45) is 11.8 Å². The summed E-state index contributed by atoms with van der Waals surface area (Å²) in [6, 6.07) is 0.308. The topological polar surface area (TPSA) is 61.4 Å². The first kappa shape index (κ1) is 17.8. The van der Waals surface area contributed by atoms with E-state index in [0.29, 0.717) is 31.5 Å². The monoisotopic (exact) mass is 321 g/mol. The van der Waals surface area contributed by atoms with Gasteiger partial charge in [0.1, 0.15) is 0 Å². The van der Waals surface area contributed by atoms with Crippen LogP contribution in [0.25, 0.3) is 0 Å². The number of piperidine rings is 1. The van der Waals surface area contributed by atoms with Gasteiger partial charge in [-0.25, -0.2) is 4.79 Å². The van der Waals surface area contributed by atoms with Crippen molar-refractivity contribution in [3.8, 4) is 0 Å². The highest BCUT2D eigenvalue weighted by Gasteiger charge is 2.26. The molecular weight excluding hydrogens is 290 g/mol. The number of urea groups is 1. The summed E-state index contributed by atoms with van der Waals surface area (Å²) in [5.41, 5.74) is 0. The van der Waals surface area contributed by atoms with Crippen LogP contribution in [0, 0.1) is 11.8 Å². The number of carbonyl (C=O) groups excluding carboxylic acids is 2. The summed E-state index contributed by atoms with van der Waals surface area (Å²) in [5, 5.41) is 6.11. The van der Waals surface area contributed by atoms with Crippen LogP contribution in [0.3, 0.4) is 0 Å². The summed E-state index contributed by atoms with van der Waals surface area (Å²) in [6.45, 7) is 6.38. The predicted octanol–water partition coefficient (Wildman–Crippen LogP) is 2.68. The minimum absolute atomic E-state index is 0.0150. The van der Waals surface area contributed by atoms with E-state index in [4.69, 9.17) is 0 Å². The molecule has 23 heavy (non-hydrogen) atoms. The average molecular weight is 321 g/mol. The number of nitrogens with one attached hydrogen (secondary N) is 2. The normalized spacial score (nSPS) is 24.6. The number of rotatable bonds is 5. The van der Waals surface area contributed by atoms with Crippen LogP contribution < -0.4 is 10.6 Å². The molecule has 1 saturated heterocycles. The minimum atomic E-state index is 0.0150. The number of likely N-dealkylation sites (tertiary alicyclic amines) is 1. The van der Waals surface area contributed by atoms with Gasteiger partial charge < -0.3 is 15.5 Å². The predicted molar refractivity (Wildman–Crippen MR) is 92.1 cm³/mol. The van der Waals surface area contributed by atoms with E-state index in [2.05, 4.69) is 36.6 Å². The fraction of sp³-hybridized carbons (Fsp3) is 0.778. The second-order valence-electron chi connectivity index (χ2n) is 7.29. The van der Waals surface area contributed by atoms with Crippen LogP contribution in [0.4, 0.5) is 4.79 Å². The lowest BCUT2D eigenvalue weighted by Crippen LogP contribution is -2.47. The molecule has 1 aliphatic carbocycles. The molecule has 2 atom stereocenters. The highest BCUT2D eigenvalue weighted by atomic mass is 16.2. The summed E-state index contributed by atoms with van der Waals surface area (Å²) in [5.74, 6) is 0.877. The maximum absolute atomic E-state index is 12.2. The van der Waals surface area contributed by atoms with Crippen molar-refractivity contribution < 1.29 is 9.59 Å². The number of amides is 3. The number of nitrogens with zero attached hydrogens (tertiary/aromatic N) is 1. The Morgan fingerprint density at radius 2 is 2.09 bits per heavy atom. The van der Waals surface area contributed by atoms with Crippen molar-refractivity contribution in [3.63, 3.8) is 0 Å². The van der Waals surface area contributed by atoms with E-state index in [1.54, 1.807) is 0 Å². The second-order valence-corrected chi connectivity index (χ2v) is 7.29.